The van der Waals surface area contributed by atoms with E-state index < -0.39 is 0 Å². The van der Waals surface area contributed by atoms with Crippen molar-refractivity contribution >= 4 is 0 Å². The van der Waals surface area contributed by atoms with E-state index in [0.29, 0.717) is 6.61 Å². The number of benzene rings is 1. The van der Waals surface area contributed by atoms with Gasteiger partial charge in [0.1, 0.15) is 18.5 Å². The highest BCUT2D eigenvalue weighted by atomic mass is 16.5. The summed E-state index contributed by atoms with van der Waals surface area (Å²) in [6.07, 6.45) is 0.172. The highest BCUT2D eigenvalue weighted by Gasteiger charge is 2.20. The Balaban J connectivity index is 1.96. The Kier molecular flexibility index (Phi) is 5.83. The molecule has 20 heavy (non-hydrogen) atoms. The van der Waals surface area contributed by atoms with E-state index in [-0.39, 0.29) is 6.10 Å². The van der Waals surface area contributed by atoms with E-state index in [1.54, 1.807) is 0 Å². The molecule has 1 atom stereocenters. The van der Waals surface area contributed by atoms with Gasteiger partial charge in [0.25, 0.3) is 0 Å². The molecule has 0 spiro atoms. The van der Waals surface area contributed by atoms with Crippen molar-refractivity contribution in [3.05, 3.63) is 29.3 Å². The van der Waals surface area contributed by atoms with E-state index in [1.807, 2.05) is 7.05 Å². The molecule has 1 unspecified atom stereocenters. The van der Waals surface area contributed by atoms with Crippen LogP contribution >= 0.6 is 0 Å². The maximum absolute atomic E-state index is 6.06. The first-order valence-corrected chi connectivity index (χ1v) is 7.44. The lowest BCUT2D eigenvalue weighted by atomic mass is 10.1. The molecule has 1 aromatic rings. The number of aryl methyl sites for hydroxylation is 1. The van der Waals surface area contributed by atoms with Crippen LogP contribution in [-0.2, 0) is 11.3 Å². The molecule has 0 bridgehead atoms. The Bertz CT molecular complexity index is 423. The molecule has 1 saturated heterocycles. The maximum Gasteiger partial charge on any atom is 0.126 e. The van der Waals surface area contributed by atoms with Crippen molar-refractivity contribution in [3.8, 4) is 5.75 Å². The highest BCUT2D eigenvalue weighted by Crippen LogP contribution is 2.24. The standard InChI is InChI=1S/C16H26N2O2/c1-4-18-8-9-19-15(11-18)12-20-16-13(2)6-5-7-14(16)10-17-3/h5-7,15,17H,4,8-12H2,1-3H3. The molecule has 0 radical (unpaired) electrons. The molecule has 112 valence electrons. The number of morpholine rings is 1. The van der Waals surface area contributed by atoms with E-state index in [2.05, 4.69) is 42.3 Å². The van der Waals surface area contributed by atoms with Crippen LogP contribution in [0.25, 0.3) is 0 Å². The molecule has 1 aliphatic rings. The van der Waals surface area contributed by atoms with E-state index in [4.69, 9.17) is 9.47 Å². The summed E-state index contributed by atoms with van der Waals surface area (Å²) in [5.74, 6) is 0.999. The van der Waals surface area contributed by atoms with E-state index in [9.17, 15) is 0 Å². The van der Waals surface area contributed by atoms with Gasteiger partial charge in [-0.15, -0.1) is 0 Å². The summed E-state index contributed by atoms with van der Waals surface area (Å²) in [6.45, 7) is 9.60. The zero-order valence-corrected chi connectivity index (χ0v) is 12.8. The molecular weight excluding hydrogens is 252 g/mol. The second-order valence-corrected chi connectivity index (χ2v) is 5.29. The number of nitrogens with one attached hydrogen (secondary N) is 1. The summed E-state index contributed by atoms with van der Waals surface area (Å²) < 4.78 is 11.9. The van der Waals surface area contributed by atoms with Crippen molar-refractivity contribution in [2.75, 3.05) is 39.9 Å². The first kappa shape index (κ1) is 15.3. The van der Waals surface area contributed by atoms with Gasteiger partial charge in [0, 0.05) is 25.2 Å². The maximum atomic E-state index is 6.06. The molecule has 2 rings (SSSR count). The van der Waals surface area contributed by atoms with Crippen molar-refractivity contribution < 1.29 is 9.47 Å². The number of rotatable bonds is 6. The normalized spacial score (nSPS) is 20.1. The Morgan fingerprint density at radius 1 is 1.45 bits per heavy atom. The zero-order valence-electron chi connectivity index (χ0n) is 12.8. The third-order valence-corrected chi connectivity index (χ3v) is 3.74. The lowest BCUT2D eigenvalue weighted by Gasteiger charge is -2.32. The summed E-state index contributed by atoms with van der Waals surface area (Å²) >= 11 is 0. The third-order valence-electron chi connectivity index (χ3n) is 3.74. The van der Waals surface area contributed by atoms with Crippen LogP contribution in [0.15, 0.2) is 18.2 Å². The summed E-state index contributed by atoms with van der Waals surface area (Å²) in [4.78, 5) is 2.41. The fourth-order valence-electron chi connectivity index (χ4n) is 2.59. The van der Waals surface area contributed by atoms with Gasteiger partial charge in [0.2, 0.25) is 0 Å². The van der Waals surface area contributed by atoms with Gasteiger partial charge in [-0.3, -0.25) is 4.90 Å². The van der Waals surface area contributed by atoms with Crippen molar-refractivity contribution in [1.82, 2.24) is 10.2 Å². The zero-order chi connectivity index (χ0) is 14.4. The van der Waals surface area contributed by atoms with Crippen LogP contribution < -0.4 is 10.1 Å². The average molecular weight is 278 g/mol. The molecule has 1 aliphatic heterocycles. The second kappa shape index (κ2) is 7.62. The Morgan fingerprint density at radius 2 is 2.30 bits per heavy atom. The minimum absolute atomic E-state index is 0.172. The fraction of sp³-hybridized carbons (Fsp3) is 0.625. The molecule has 0 saturated carbocycles. The van der Waals surface area contributed by atoms with Gasteiger partial charge in [0.15, 0.2) is 0 Å². The van der Waals surface area contributed by atoms with Crippen LogP contribution in [0.2, 0.25) is 0 Å². The molecule has 4 heteroatoms. The van der Waals surface area contributed by atoms with E-state index >= 15 is 0 Å². The Labute approximate surface area is 122 Å². The molecule has 4 nitrogen and oxygen atoms in total. The molecule has 0 amide bonds. The topological polar surface area (TPSA) is 33.7 Å². The van der Waals surface area contributed by atoms with Crippen LogP contribution in [-0.4, -0.2) is 50.9 Å². The largest absolute Gasteiger partial charge is 0.490 e. The number of hydrogen-bond acceptors (Lipinski definition) is 4. The summed E-state index contributed by atoms with van der Waals surface area (Å²) in [5.41, 5.74) is 2.39. The molecule has 1 heterocycles. The highest BCUT2D eigenvalue weighted by molar-refractivity contribution is 5.40. The number of nitrogens with zero attached hydrogens (tertiary/aromatic N) is 1. The summed E-state index contributed by atoms with van der Waals surface area (Å²) in [6, 6.07) is 6.28. The molecule has 1 aromatic carbocycles. The smallest absolute Gasteiger partial charge is 0.126 e. The van der Waals surface area contributed by atoms with Gasteiger partial charge in [-0.2, -0.15) is 0 Å². The lowest BCUT2D eigenvalue weighted by Crippen LogP contribution is -2.44. The number of likely N-dealkylation sites (N-methyl/N-ethyl adjacent to an activating group) is 1. The molecule has 0 aromatic heterocycles. The van der Waals surface area contributed by atoms with Crippen molar-refractivity contribution in [1.29, 1.82) is 0 Å². The van der Waals surface area contributed by atoms with Crippen LogP contribution in [0.1, 0.15) is 18.1 Å². The van der Waals surface area contributed by atoms with Crippen LogP contribution in [0.5, 0.6) is 5.75 Å². The predicted octanol–water partition coefficient (Wildman–Crippen LogP) is 1.81. The van der Waals surface area contributed by atoms with Gasteiger partial charge >= 0.3 is 0 Å². The van der Waals surface area contributed by atoms with Crippen molar-refractivity contribution in [3.63, 3.8) is 0 Å². The monoisotopic (exact) mass is 278 g/mol. The SMILES string of the molecule is CCN1CCOC(COc2c(C)cccc2CNC)C1. The summed E-state index contributed by atoms with van der Waals surface area (Å²) in [5, 5.41) is 3.19. The van der Waals surface area contributed by atoms with E-state index in [1.165, 1.54) is 11.1 Å². The van der Waals surface area contributed by atoms with Gasteiger partial charge in [0.05, 0.1) is 6.61 Å². The number of ether oxygens (including phenoxy) is 2. The summed E-state index contributed by atoms with van der Waals surface area (Å²) in [7, 11) is 1.95. The van der Waals surface area contributed by atoms with Gasteiger partial charge in [-0.25, -0.2) is 0 Å². The van der Waals surface area contributed by atoms with Crippen LogP contribution in [0.4, 0.5) is 0 Å². The molecule has 1 fully saturated rings. The van der Waals surface area contributed by atoms with Crippen molar-refractivity contribution in [2.24, 2.45) is 0 Å². The number of para-hydroxylation sites is 1. The molecule has 0 aliphatic carbocycles. The number of hydrogen-bond donors (Lipinski definition) is 1. The Morgan fingerprint density at radius 3 is 3.05 bits per heavy atom. The first-order chi connectivity index (χ1) is 9.74. The molecule has 1 N–H and O–H groups in total. The van der Waals surface area contributed by atoms with E-state index in [0.717, 1.165) is 38.5 Å². The third kappa shape index (κ3) is 3.95. The van der Waals surface area contributed by atoms with Gasteiger partial charge in [-0.1, -0.05) is 25.1 Å². The second-order valence-electron chi connectivity index (χ2n) is 5.29. The van der Waals surface area contributed by atoms with Gasteiger partial charge < -0.3 is 14.8 Å². The minimum Gasteiger partial charge on any atom is -0.490 e. The van der Waals surface area contributed by atoms with Gasteiger partial charge in [-0.05, 0) is 26.1 Å². The fourth-order valence-corrected chi connectivity index (χ4v) is 2.59. The van der Waals surface area contributed by atoms with Crippen LogP contribution in [0.3, 0.4) is 0 Å². The van der Waals surface area contributed by atoms with Crippen molar-refractivity contribution in [2.45, 2.75) is 26.5 Å². The average Bonchev–Trinajstić information content (AvgIpc) is 2.47. The predicted molar refractivity (Wildman–Crippen MR) is 81.3 cm³/mol. The first-order valence-electron chi connectivity index (χ1n) is 7.44. The Hall–Kier alpha value is -1.10. The molecular formula is C16H26N2O2. The lowest BCUT2D eigenvalue weighted by molar-refractivity contribution is -0.0466. The minimum atomic E-state index is 0.172. The van der Waals surface area contributed by atoms with Crippen LogP contribution in [0, 0.1) is 6.92 Å². The quantitative estimate of drug-likeness (QED) is 0.860.